The Kier molecular flexibility index (Phi) is 4.24. The molecule has 0 atom stereocenters. The lowest BCUT2D eigenvalue weighted by Gasteiger charge is -2.29. The summed E-state index contributed by atoms with van der Waals surface area (Å²) >= 11 is 0. The summed E-state index contributed by atoms with van der Waals surface area (Å²) in [6.45, 7) is 2.24. The van der Waals surface area contributed by atoms with E-state index in [1.54, 1.807) is 12.1 Å². The number of nitrogens with zero attached hydrogens (tertiary/aromatic N) is 1. The first-order valence-corrected chi connectivity index (χ1v) is 6.90. The highest BCUT2D eigenvalue weighted by Crippen LogP contribution is 2.30. The molecule has 0 bridgehead atoms. The largest absolute Gasteiger partial charge is 0.398 e. The average Bonchev–Trinajstić information content (AvgIpc) is 2.39. The van der Waals surface area contributed by atoms with Crippen LogP contribution < -0.4 is 11.1 Å². The van der Waals surface area contributed by atoms with Crippen molar-refractivity contribution >= 4 is 17.1 Å². The van der Waals surface area contributed by atoms with Crippen molar-refractivity contribution < 1.29 is 4.92 Å². The summed E-state index contributed by atoms with van der Waals surface area (Å²) in [5, 5.41) is 14.2. The van der Waals surface area contributed by atoms with E-state index in [1.807, 2.05) is 0 Å². The van der Waals surface area contributed by atoms with Crippen molar-refractivity contribution in [1.82, 2.24) is 0 Å². The van der Waals surface area contributed by atoms with Crippen molar-refractivity contribution in [3.05, 3.63) is 28.3 Å². The van der Waals surface area contributed by atoms with E-state index in [1.165, 1.54) is 25.3 Å². The summed E-state index contributed by atoms with van der Waals surface area (Å²) in [5.74, 6) is 0.841. The van der Waals surface area contributed by atoms with Crippen molar-refractivity contribution in [3.63, 3.8) is 0 Å². The third-order valence-electron chi connectivity index (χ3n) is 3.95. The molecule has 3 N–H and O–H groups in total. The summed E-state index contributed by atoms with van der Waals surface area (Å²) in [6.07, 6.45) is 5.97. The van der Waals surface area contributed by atoms with Gasteiger partial charge in [-0.15, -0.1) is 0 Å². The topological polar surface area (TPSA) is 81.2 Å². The van der Waals surface area contributed by atoms with Crippen LogP contribution in [-0.2, 0) is 0 Å². The Labute approximate surface area is 113 Å². The van der Waals surface area contributed by atoms with Crippen LogP contribution >= 0.6 is 0 Å². The van der Waals surface area contributed by atoms with E-state index in [2.05, 4.69) is 12.2 Å². The van der Waals surface area contributed by atoms with Gasteiger partial charge in [-0.25, -0.2) is 0 Å². The molecule has 0 radical (unpaired) electrons. The molecule has 1 fully saturated rings. The van der Waals surface area contributed by atoms with Crippen LogP contribution in [0.5, 0.6) is 0 Å². The standard InChI is InChI=1S/C14H21N3O2/c1-2-10-3-5-12(6-4-10)16-13-7-11(15)8-14(9-13)17(18)19/h7-10,12,16H,2-6,15H2,1H3. The number of nitro benzene ring substituents is 1. The van der Waals surface area contributed by atoms with E-state index < -0.39 is 4.92 Å². The van der Waals surface area contributed by atoms with Gasteiger partial charge in [-0.2, -0.15) is 0 Å². The van der Waals surface area contributed by atoms with Crippen LogP contribution in [0.25, 0.3) is 0 Å². The zero-order valence-corrected chi connectivity index (χ0v) is 11.3. The molecule has 0 heterocycles. The van der Waals surface area contributed by atoms with Crippen molar-refractivity contribution in [2.75, 3.05) is 11.1 Å². The SMILES string of the molecule is CCC1CCC(Nc2cc(N)cc([N+](=O)[O-])c2)CC1. The summed E-state index contributed by atoms with van der Waals surface area (Å²) in [5.41, 5.74) is 6.93. The monoisotopic (exact) mass is 263 g/mol. The number of nitrogen functional groups attached to an aromatic ring is 1. The minimum Gasteiger partial charge on any atom is -0.398 e. The number of nitrogens with two attached hydrogens (primary N) is 1. The van der Waals surface area contributed by atoms with Gasteiger partial charge in [-0.3, -0.25) is 10.1 Å². The molecule has 2 rings (SSSR count). The normalized spacial score (nSPS) is 23.0. The molecule has 104 valence electrons. The Hall–Kier alpha value is -1.78. The Morgan fingerprint density at radius 3 is 2.58 bits per heavy atom. The third kappa shape index (κ3) is 3.59. The number of non-ortho nitro benzene ring substituents is 1. The van der Waals surface area contributed by atoms with Gasteiger partial charge in [0.05, 0.1) is 4.92 Å². The van der Waals surface area contributed by atoms with Crippen LogP contribution in [0.3, 0.4) is 0 Å². The first kappa shape index (κ1) is 13.6. The van der Waals surface area contributed by atoms with Gasteiger partial charge in [0.2, 0.25) is 0 Å². The highest BCUT2D eigenvalue weighted by atomic mass is 16.6. The molecule has 0 aliphatic heterocycles. The van der Waals surface area contributed by atoms with Gasteiger partial charge in [-0.1, -0.05) is 13.3 Å². The zero-order chi connectivity index (χ0) is 13.8. The maximum Gasteiger partial charge on any atom is 0.273 e. The number of rotatable bonds is 4. The van der Waals surface area contributed by atoms with Gasteiger partial charge in [-0.05, 0) is 37.7 Å². The molecule has 1 aliphatic carbocycles. The first-order chi connectivity index (χ1) is 9.08. The number of hydrogen-bond acceptors (Lipinski definition) is 4. The van der Waals surface area contributed by atoms with Gasteiger partial charge in [0.25, 0.3) is 5.69 Å². The second-order valence-corrected chi connectivity index (χ2v) is 5.34. The van der Waals surface area contributed by atoms with E-state index in [-0.39, 0.29) is 5.69 Å². The van der Waals surface area contributed by atoms with E-state index in [0.29, 0.717) is 11.7 Å². The molecule has 1 aromatic rings. The van der Waals surface area contributed by atoms with Crippen LogP contribution in [-0.4, -0.2) is 11.0 Å². The smallest absolute Gasteiger partial charge is 0.273 e. The molecular weight excluding hydrogens is 242 g/mol. The van der Waals surface area contributed by atoms with Gasteiger partial charge < -0.3 is 11.1 Å². The molecule has 5 heteroatoms. The first-order valence-electron chi connectivity index (χ1n) is 6.90. The Balaban J connectivity index is 2.01. The predicted octanol–water partition coefficient (Wildman–Crippen LogP) is 3.56. The average molecular weight is 263 g/mol. The number of anilines is 2. The molecule has 5 nitrogen and oxygen atoms in total. The van der Waals surface area contributed by atoms with Crippen LogP contribution in [0.1, 0.15) is 39.0 Å². The lowest BCUT2D eigenvalue weighted by atomic mass is 9.84. The summed E-state index contributed by atoms with van der Waals surface area (Å²) in [4.78, 5) is 10.4. The van der Waals surface area contributed by atoms with Gasteiger partial charge in [0.1, 0.15) is 0 Å². The molecule has 1 aliphatic rings. The van der Waals surface area contributed by atoms with Crippen molar-refractivity contribution in [1.29, 1.82) is 0 Å². The maximum absolute atomic E-state index is 10.8. The van der Waals surface area contributed by atoms with Crippen LogP contribution in [0, 0.1) is 16.0 Å². The lowest BCUT2D eigenvalue weighted by molar-refractivity contribution is -0.384. The lowest BCUT2D eigenvalue weighted by Crippen LogP contribution is -2.25. The van der Waals surface area contributed by atoms with Crippen LogP contribution in [0.15, 0.2) is 18.2 Å². The summed E-state index contributed by atoms with van der Waals surface area (Å²) < 4.78 is 0. The molecule has 1 aromatic carbocycles. The molecule has 0 spiro atoms. The molecule has 19 heavy (non-hydrogen) atoms. The molecular formula is C14H21N3O2. The molecule has 0 aromatic heterocycles. The fourth-order valence-corrected chi connectivity index (χ4v) is 2.77. The van der Waals surface area contributed by atoms with Gasteiger partial charge in [0.15, 0.2) is 0 Å². The molecule has 0 saturated heterocycles. The predicted molar refractivity (Wildman–Crippen MR) is 77.2 cm³/mol. The van der Waals surface area contributed by atoms with Crippen molar-refractivity contribution in [2.45, 2.75) is 45.1 Å². The molecule has 1 saturated carbocycles. The zero-order valence-electron chi connectivity index (χ0n) is 11.3. The minimum absolute atomic E-state index is 0.0461. The van der Waals surface area contributed by atoms with E-state index in [4.69, 9.17) is 5.73 Å². The molecule has 0 amide bonds. The number of hydrogen-bond donors (Lipinski definition) is 2. The highest BCUT2D eigenvalue weighted by molar-refractivity contribution is 5.61. The number of benzene rings is 1. The van der Waals surface area contributed by atoms with Crippen LogP contribution in [0.4, 0.5) is 17.1 Å². The minimum atomic E-state index is -0.407. The quantitative estimate of drug-likeness (QED) is 0.494. The fraction of sp³-hybridized carbons (Fsp3) is 0.571. The highest BCUT2D eigenvalue weighted by Gasteiger charge is 2.20. The second kappa shape index (κ2) is 5.91. The number of nitrogens with one attached hydrogen (secondary N) is 1. The number of nitro groups is 1. The van der Waals surface area contributed by atoms with E-state index in [9.17, 15) is 10.1 Å². The molecule has 0 unspecified atom stereocenters. The van der Waals surface area contributed by atoms with E-state index >= 15 is 0 Å². The summed E-state index contributed by atoms with van der Waals surface area (Å²) in [7, 11) is 0. The van der Waals surface area contributed by atoms with E-state index in [0.717, 1.165) is 24.4 Å². The van der Waals surface area contributed by atoms with Gasteiger partial charge >= 0.3 is 0 Å². The van der Waals surface area contributed by atoms with Crippen LogP contribution in [0.2, 0.25) is 0 Å². The Bertz CT molecular complexity index is 454. The third-order valence-corrected chi connectivity index (χ3v) is 3.95. The summed E-state index contributed by atoms with van der Waals surface area (Å²) in [6, 6.07) is 5.12. The Morgan fingerprint density at radius 1 is 1.32 bits per heavy atom. The van der Waals surface area contributed by atoms with Crippen molar-refractivity contribution in [3.8, 4) is 0 Å². The second-order valence-electron chi connectivity index (χ2n) is 5.34. The van der Waals surface area contributed by atoms with Crippen molar-refractivity contribution in [2.24, 2.45) is 5.92 Å². The Morgan fingerprint density at radius 2 is 2.00 bits per heavy atom. The fourth-order valence-electron chi connectivity index (χ4n) is 2.77. The maximum atomic E-state index is 10.8. The van der Waals surface area contributed by atoms with Gasteiger partial charge in [0, 0.05) is 29.5 Å².